The van der Waals surface area contributed by atoms with Crippen LogP contribution in [0.15, 0.2) is 154 Å². The Balaban J connectivity index is 1.12. The largest absolute Gasteiger partial charge is 0.457 e. The minimum Gasteiger partial charge on any atom is -0.457 e. The van der Waals surface area contributed by atoms with Crippen molar-refractivity contribution in [3.8, 4) is 56.7 Å². The molecule has 11 heteroatoms. The van der Waals surface area contributed by atoms with E-state index >= 15 is 0 Å². The van der Waals surface area contributed by atoms with Crippen LogP contribution in [0.25, 0.3) is 67.4 Å². The van der Waals surface area contributed by atoms with Crippen molar-refractivity contribution in [3.05, 3.63) is 179 Å². The van der Waals surface area contributed by atoms with Crippen molar-refractivity contribution in [2.75, 3.05) is 0 Å². The number of hydrogen-bond donors (Lipinski definition) is 0. The van der Waals surface area contributed by atoms with Gasteiger partial charge < -0.3 is 13.6 Å². The summed E-state index contributed by atoms with van der Waals surface area (Å²) in [6.07, 6.45) is -9.17. The quantitative estimate of drug-likeness (QED) is 0.167. The van der Waals surface area contributed by atoms with Gasteiger partial charge in [-0.2, -0.15) is 26.3 Å². The summed E-state index contributed by atoms with van der Waals surface area (Å²) in [7, 11) is 0. The fourth-order valence-corrected chi connectivity index (χ4v) is 8.53. The zero-order chi connectivity index (χ0) is 39.6. The number of aromatic nitrogens is 2. The summed E-state index contributed by atoms with van der Waals surface area (Å²) < 4.78 is 100. The molecule has 2 aliphatic rings. The second kappa shape index (κ2) is 11.9. The number of rotatable bonds is 3. The Kier molecular flexibility index (Phi) is 7.03. The molecule has 0 radical (unpaired) electrons. The molecule has 0 fully saturated rings. The van der Waals surface area contributed by atoms with Crippen LogP contribution in [0.4, 0.5) is 26.3 Å². The number of benzene rings is 7. The van der Waals surface area contributed by atoms with E-state index in [9.17, 15) is 26.3 Å². The zero-order valence-corrected chi connectivity index (χ0v) is 29.7. The Hall–Kier alpha value is -7.14. The topological polar surface area (TPSA) is 61.3 Å². The van der Waals surface area contributed by atoms with Crippen LogP contribution < -0.4 is 4.74 Å². The van der Waals surface area contributed by atoms with Crippen LogP contribution in [-0.4, -0.2) is 9.97 Å². The first kappa shape index (κ1) is 34.1. The summed E-state index contributed by atoms with van der Waals surface area (Å²) in [5.74, 6) is 1.58. The Morgan fingerprint density at radius 2 is 0.897 bits per heavy atom. The Morgan fingerprint density at radius 3 is 1.45 bits per heavy atom. The lowest BCUT2D eigenvalue weighted by molar-refractivity contribution is -0.138. The summed E-state index contributed by atoms with van der Waals surface area (Å²) in [4.78, 5) is 8.88. The second-order valence-corrected chi connectivity index (χ2v) is 14.3. The van der Waals surface area contributed by atoms with Crippen LogP contribution in [0.1, 0.15) is 33.4 Å². The number of hydrogen-bond acceptors (Lipinski definition) is 5. The molecule has 0 saturated carbocycles. The van der Waals surface area contributed by atoms with E-state index in [1.807, 2.05) is 54.6 Å². The Labute approximate surface area is 324 Å². The molecule has 5 nitrogen and oxygen atoms in total. The van der Waals surface area contributed by atoms with Crippen molar-refractivity contribution in [2.45, 2.75) is 17.8 Å². The van der Waals surface area contributed by atoms with Gasteiger partial charge in [-0.1, -0.05) is 72.8 Å². The predicted octanol–water partition coefficient (Wildman–Crippen LogP) is 13.5. The van der Waals surface area contributed by atoms with Gasteiger partial charge in [0.05, 0.1) is 16.5 Å². The fourth-order valence-electron chi connectivity index (χ4n) is 8.53. The van der Waals surface area contributed by atoms with E-state index in [4.69, 9.17) is 13.6 Å². The maximum atomic E-state index is 13.6. The maximum Gasteiger partial charge on any atom is 0.416 e. The van der Waals surface area contributed by atoms with Crippen molar-refractivity contribution in [1.29, 1.82) is 0 Å². The van der Waals surface area contributed by atoms with Crippen LogP contribution in [0.5, 0.6) is 11.5 Å². The number of fused-ring (bicyclic) bond motifs is 11. The molecule has 0 N–H and O–H groups in total. The highest BCUT2D eigenvalue weighted by Crippen LogP contribution is 2.62. The van der Waals surface area contributed by atoms with Gasteiger partial charge in [-0.05, 0) is 106 Å². The van der Waals surface area contributed by atoms with E-state index < -0.39 is 28.9 Å². The molecule has 282 valence electrons. The first-order valence-corrected chi connectivity index (χ1v) is 18.2. The van der Waals surface area contributed by atoms with E-state index in [0.717, 1.165) is 74.7 Å². The second-order valence-electron chi connectivity index (χ2n) is 14.3. The van der Waals surface area contributed by atoms with Gasteiger partial charge in [-0.25, -0.2) is 9.97 Å². The van der Waals surface area contributed by atoms with Gasteiger partial charge in [0.1, 0.15) is 22.5 Å². The molecule has 0 bridgehead atoms. The normalized spacial score (nSPS) is 14.0. The standard InChI is InChI=1S/C47H24F6N2O3/c48-46(49,50)29-14-17-41-37(23-29)54-43(57-41)27-19-26(20-28(21-27)44-55-38-24-30(47(51,52)53)15-18-42(38)58-44)25-13-16-34-32(22-25)31-7-1-2-8-33(31)45(34)35-9-3-5-11-39(35)56-40-12-6-4-10-36(40)45/h1-24H. The summed E-state index contributed by atoms with van der Waals surface area (Å²) >= 11 is 0. The summed E-state index contributed by atoms with van der Waals surface area (Å²) in [6, 6.07) is 41.9. The monoisotopic (exact) mass is 778 g/mol. The number of para-hydroxylation sites is 2. The molecule has 1 aliphatic heterocycles. The highest BCUT2D eigenvalue weighted by molar-refractivity contribution is 5.92. The lowest BCUT2D eigenvalue weighted by Crippen LogP contribution is -2.32. The van der Waals surface area contributed by atoms with Crippen LogP contribution >= 0.6 is 0 Å². The lowest BCUT2D eigenvalue weighted by atomic mass is 9.66. The summed E-state index contributed by atoms with van der Waals surface area (Å²) in [5, 5.41) is 0. The van der Waals surface area contributed by atoms with E-state index in [1.54, 1.807) is 18.2 Å². The molecule has 7 aromatic carbocycles. The SMILES string of the molecule is FC(F)(F)c1ccc2oc(-c3cc(-c4ccc5c(c4)-c4ccccc4C54c5ccccc5Oc5ccccc54)cc(-c4nc5cc(C(F)(F)F)ccc5o4)c3)nc2c1. The molecule has 58 heavy (non-hydrogen) atoms. The number of halogens is 6. The van der Waals surface area contributed by atoms with Crippen LogP contribution in [0, 0.1) is 0 Å². The van der Waals surface area contributed by atoms with Crippen molar-refractivity contribution in [1.82, 2.24) is 9.97 Å². The van der Waals surface area contributed by atoms with Crippen LogP contribution in [0.3, 0.4) is 0 Å². The number of nitrogens with zero attached hydrogens (tertiary/aromatic N) is 2. The van der Waals surface area contributed by atoms with Gasteiger partial charge in [0.2, 0.25) is 11.8 Å². The molecule has 11 rings (SSSR count). The lowest BCUT2D eigenvalue weighted by Gasteiger charge is -2.39. The molecule has 1 spiro atoms. The van der Waals surface area contributed by atoms with Gasteiger partial charge in [0.15, 0.2) is 11.2 Å². The van der Waals surface area contributed by atoms with Gasteiger partial charge in [0, 0.05) is 22.3 Å². The van der Waals surface area contributed by atoms with E-state index in [-0.39, 0.29) is 34.0 Å². The average molecular weight is 779 g/mol. The molecule has 3 heterocycles. The van der Waals surface area contributed by atoms with Crippen molar-refractivity contribution >= 4 is 22.2 Å². The highest BCUT2D eigenvalue weighted by atomic mass is 19.4. The third-order valence-corrected chi connectivity index (χ3v) is 11.0. The summed E-state index contributed by atoms with van der Waals surface area (Å²) in [5.41, 5.74) is 6.24. The van der Waals surface area contributed by atoms with E-state index in [2.05, 4.69) is 46.4 Å². The molecular weight excluding hydrogens is 755 g/mol. The average Bonchev–Trinajstić information content (AvgIpc) is 3.93. The first-order chi connectivity index (χ1) is 27.9. The number of oxazole rings is 2. The number of ether oxygens (including phenoxy) is 1. The van der Waals surface area contributed by atoms with Gasteiger partial charge in [-0.3, -0.25) is 0 Å². The van der Waals surface area contributed by atoms with Gasteiger partial charge in [-0.15, -0.1) is 0 Å². The molecule has 9 aromatic rings. The molecular formula is C47H24F6N2O3. The van der Waals surface area contributed by atoms with E-state index in [0.29, 0.717) is 16.7 Å². The molecule has 2 aromatic heterocycles. The minimum absolute atomic E-state index is 0.00906. The maximum absolute atomic E-state index is 13.6. The van der Waals surface area contributed by atoms with Crippen LogP contribution in [-0.2, 0) is 17.8 Å². The Morgan fingerprint density at radius 1 is 0.414 bits per heavy atom. The van der Waals surface area contributed by atoms with Crippen molar-refractivity contribution in [3.63, 3.8) is 0 Å². The molecule has 1 aliphatic carbocycles. The number of alkyl halides is 6. The molecule has 0 saturated heterocycles. The van der Waals surface area contributed by atoms with Crippen molar-refractivity contribution in [2.24, 2.45) is 0 Å². The zero-order valence-electron chi connectivity index (χ0n) is 29.7. The third-order valence-electron chi connectivity index (χ3n) is 11.0. The predicted molar refractivity (Wildman–Crippen MR) is 205 cm³/mol. The van der Waals surface area contributed by atoms with E-state index in [1.165, 1.54) is 12.1 Å². The van der Waals surface area contributed by atoms with Gasteiger partial charge >= 0.3 is 12.4 Å². The first-order valence-electron chi connectivity index (χ1n) is 18.2. The van der Waals surface area contributed by atoms with Crippen LogP contribution in [0.2, 0.25) is 0 Å². The smallest absolute Gasteiger partial charge is 0.416 e. The summed E-state index contributed by atoms with van der Waals surface area (Å²) in [6.45, 7) is 0. The molecule has 0 unspecified atom stereocenters. The minimum atomic E-state index is -4.58. The molecule has 0 atom stereocenters. The Bertz CT molecular complexity index is 3000. The van der Waals surface area contributed by atoms with Crippen molar-refractivity contribution < 1.29 is 39.9 Å². The molecule has 0 amide bonds. The van der Waals surface area contributed by atoms with Gasteiger partial charge in [0.25, 0.3) is 0 Å². The third kappa shape index (κ3) is 5.05. The fraction of sp³-hybridized carbons (Fsp3) is 0.0638. The highest BCUT2D eigenvalue weighted by Gasteiger charge is 2.51.